The number of aromatic nitrogens is 2. The Morgan fingerprint density at radius 2 is 1.68 bits per heavy atom. The smallest absolute Gasteiger partial charge is 0.485 e. The lowest BCUT2D eigenvalue weighted by atomic mass is 10.3. The van der Waals surface area contributed by atoms with Gasteiger partial charge in [-0.25, -0.2) is 8.42 Å². The van der Waals surface area contributed by atoms with Gasteiger partial charge in [-0.3, -0.25) is 0 Å². The fourth-order valence-electron chi connectivity index (χ4n) is 1.33. The Bertz CT molecular complexity index is 576. The van der Waals surface area contributed by atoms with Crippen LogP contribution in [0.2, 0.25) is 0 Å². The molecule has 0 aliphatic heterocycles. The molecule has 1 rings (SSSR count). The van der Waals surface area contributed by atoms with E-state index in [4.69, 9.17) is 13.0 Å². The fourth-order valence-corrected chi connectivity index (χ4v) is 1.33. The molecule has 0 atom stereocenters. The van der Waals surface area contributed by atoms with Gasteiger partial charge in [-0.15, -0.1) is 4.68 Å². The number of hydrogen-bond acceptors (Lipinski definition) is 3. The Morgan fingerprint density at radius 1 is 1.23 bits per heavy atom. The van der Waals surface area contributed by atoms with Crippen molar-refractivity contribution >= 4 is 10.1 Å². The Balaban J connectivity index is 0.000000472. The molecule has 22 heavy (non-hydrogen) atoms. The van der Waals surface area contributed by atoms with Crippen LogP contribution in [-0.2, 0) is 29.9 Å². The van der Waals surface area contributed by atoms with Gasteiger partial charge < -0.3 is 4.55 Å². The second kappa shape index (κ2) is 7.31. The van der Waals surface area contributed by atoms with Gasteiger partial charge in [-0.2, -0.15) is 31.0 Å². The van der Waals surface area contributed by atoms with Crippen molar-refractivity contribution in [1.82, 2.24) is 4.68 Å². The molecule has 0 spiro atoms. The Kier molecular flexibility index (Phi) is 6.88. The van der Waals surface area contributed by atoms with Gasteiger partial charge in [-0.1, -0.05) is 13.3 Å². The number of unbranched alkanes of at least 4 members (excludes halogenated alkanes) is 1. The van der Waals surface area contributed by atoms with Crippen LogP contribution >= 0.6 is 0 Å². The number of hydrogen-bond donors (Lipinski definition) is 0. The lowest BCUT2D eigenvalue weighted by Gasteiger charge is -2.08. The molecule has 0 aliphatic rings. The summed E-state index contributed by atoms with van der Waals surface area (Å²) in [7, 11) is -4.66. The first kappa shape index (κ1) is 20.7. The minimum absolute atomic E-state index is 0.603. The minimum atomic E-state index is -6.09. The van der Waals surface area contributed by atoms with Crippen LogP contribution in [0.5, 0.6) is 0 Å². The molecule has 0 N–H and O–H groups in total. The third-order valence-corrected chi connectivity index (χ3v) is 3.02. The highest BCUT2D eigenvalue weighted by molar-refractivity contribution is 7.86. The van der Waals surface area contributed by atoms with Crippen molar-refractivity contribution in [2.24, 2.45) is 7.05 Å². The van der Waals surface area contributed by atoms with Crippen molar-refractivity contribution in [2.45, 2.75) is 38.0 Å². The van der Waals surface area contributed by atoms with E-state index in [2.05, 4.69) is 0 Å². The average molecular weight is 356 g/mol. The van der Waals surface area contributed by atoms with Crippen LogP contribution in [0.4, 0.5) is 26.3 Å². The molecule has 1 aromatic rings. The van der Waals surface area contributed by atoms with Crippen LogP contribution in [0, 0.1) is 0 Å². The minimum Gasteiger partial charge on any atom is -0.741 e. The molecule has 0 aliphatic carbocycles. The molecule has 0 fully saturated rings. The molecule has 0 saturated heterocycles. The largest absolute Gasteiger partial charge is 0.741 e. The molecule has 0 radical (unpaired) electrons. The molecule has 0 unspecified atom stereocenters. The van der Waals surface area contributed by atoms with Crippen molar-refractivity contribution in [3.63, 3.8) is 0 Å². The first-order chi connectivity index (χ1) is 9.71. The van der Waals surface area contributed by atoms with Crippen LogP contribution in [0.15, 0.2) is 12.3 Å². The predicted molar refractivity (Wildman–Crippen MR) is 61.3 cm³/mol. The van der Waals surface area contributed by atoms with E-state index >= 15 is 0 Å². The Hall–Kier alpha value is -1.30. The maximum atomic E-state index is 12.4. The van der Waals surface area contributed by atoms with Gasteiger partial charge in [0.15, 0.2) is 28.6 Å². The second-order valence-electron chi connectivity index (χ2n) is 4.14. The highest BCUT2D eigenvalue weighted by Crippen LogP contribution is 2.27. The Morgan fingerprint density at radius 3 is 1.95 bits per heavy atom. The van der Waals surface area contributed by atoms with Gasteiger partial charge in [0.1, 0.15) is 0 Å². The van der Waals surface area contributed by atoms with E-state index in [1.165, 1.54) is 13.2 Å². The molecule has 130 valence electrons. The zero-order valence-electron chi connectivity index (χ0n) is 11.6. The van der Waals surface area contributed by atoms with Gasteiger partial charge in [0, 0.05) is 12.5 Å². The molecule has 0 bridgehead atoms. The summed E-state index contributed by atoms with van der Waals surface area (Å²) < 4.78 is 98.7. The lowest BCUT2D eigenvalue weighted by molar-refractivity contribution is -0.774. The van der Waals surface area contributed by atoms with Crippen molar-refractivity contribution in [3.8, 4) is 0 Å². The summed E-state index contributed by atoms with van der Waals surface area (Å²) in [6, 6.07) is 1.11. The molecule has 0 amide bonds. The number of nitrogens with zero attached hydrogens (tertiary/aromatic N) is 2. The van der Waals surface area contributed by atoms with Gasteiger partial charge in [0.25, 0.3) is 0 Å². The summed E-state index contributed by atoms with van der Waals surface area (Å²) in [5, 5.41) is 0. The lowest BCUT2D eigenvalue weighted by Crippen LogP contribution is -2.42. The van der Waals surface area contributed by atoms with E-state index in [-0.39, 0.29) is 0 Å². The fraction of sp³-hybridized carbons (Fsp3) is 0.700. The van der Waals surface area contributed by atoms with Crippen LogP contribution in [0.25, 0.3) is 0 Å². The summed E-state index contributed by atoms with van der Waals surface area (Å²) >= 11 is 0. The third kappa shape index (κ3) is 6.22. The normalized spacial score (nSPS) is 12.8. The molecule has 1 heterocycles. The van der Waals surface area contributed by atoms with Crippen LogP contribution in [0.1, 0.15) is 25.5 Å². The number of halogens is 6. The summed E-state index contributed by atoms with van der Waals surface area (Å²) in [5.41, 5.74) is -6.25. The summed E-state index contributed by atoms with van der Waals surface area (Å²) in [6.45, 7) is 2.64. The first-order valence-electron chi connectivity index (χ1n) is 5.86. The number of aryl methyl sites for hydroxylation is 1. The maximum Gasteiger partial charge on any atom is 0.485 e. The summed E-state index contributed by atoms with van der Waals surface area (Å²) in [5.74, 6) is 0. The predicted octanol–water partition coefficient (Wildman–Crippen LogP) is 2.18. The van der Waals surface area contributed by atoms with E-state index in [0.717, 1.165) is 23.6 Å². The summed E-state index contributed by atoms with van der Waals surface area (Å²) in [6.07, 6.45) is -0.927. The van der Waals surface area contributed by atoms with E-state index in [0.29, 0.717) is 6.54 Å². The molecule has 12 heteroatoms. The van der Waals surface area contributed by atoms with Gasteiger partial charge >= 0.3 is 11.7 Å². The van der Waals surface area contributed by atoms with Crippen molar-refractivity contribution in [1.29, 1.82) is 0 Å². The van der Waals surface area contributed by atoms with Crippen molar-refractivity contribution < 1.29 is 44.0 Å². The van der Waals surface area contributed by atoms with Gasteiger partial charge in [0.05, 0.1) is 7.05 Å². The molecular weight excluding hydrogens is 342 g/mol. The summed E-state index contributed by atoms with van der Waals surface area (Å²) in [4.78, 5) is 0. The third-order valence-electron chi connectivity index (χ3n) is 2.45. The topological polar surface area (TPSA) is 66.0 Å². The highest BCUT2D eigenvalue weighted by atomic mass is 32.2. The van der Waals surface area contributed by atoms with Crippen molar-refractivity contribution in [3.05, 3.63) is 18.0 Å². The molecule has 0 aromatic carbocycles. The van der Waals surface area contributed by atoms with Crippen LogP contribution in [0.3, 0.4) is 0 Å². The molecule has 0 saturated carbocycles. The maximum absolute atomic E-state index is 12.4. The zero-order chi connectivity index (χ0) is 17.8. The SMILES string of the molecule is CCCC[n+]1ccc(C(F)(F)F)n1C.O=S(=O)([O-])C(F)(F)F. The molecule has 1 aromatic heterocycles. The van der Waals surface area contributed by atoms with Crippen molar-refractivity contribution in [2.75, 3.05) is 0 Å². The number of alkyl halides is 6. The van der Waals surface area contributed by atoms with E-state index in [1.807, 2.05) is 6.92 Å². The average Bonchev–Trinajstić information content (AvgIpc) is 2.65. The quantitative estimate of drug-likeness (QED) is 0.361. The highest BCUT2D eigenvalue weighted by Gasteiger charge is 2.37. The van der Waals surface area contributed by atoms with Gasteiger partial charge in [0.2, 0.25) is 0 Å². The van der Waals surface area contributed by atoms with Gasteiger partial charge in [-0.05, 0) is 0 Å². The van der Waals surface area contributed by atoms with E-state index < -0.39 is 27.5 Å². The van der Waals surface area contributed by atoms with Crippen LogP contribution in [-0.4, -0.2) is 23.2 Å². The zero-order valence-corrected chi connectivity index (χ0v) is 12.4. The van der Waals surface area contributed by atoms with Crippen LogP contribution < -0.4 is 4.68 Å². The standard InChI is InChI=1S/C9H14F3N2.CHF3O3S/c1-3-4-6-14-7-5-8(13(14)2)9(10,11)12;2-1(3,4)8(5,6)7/h5,7H,3-4,6H2,1-2H3;(H,5,6,7)/q+1;/p-1. The number of rotatable bonds is 3. The molecule has 5 nitrogen and oxygen atoms in total. The Labute approximate surface area is 122 Å². The second-order valence-corrected chi connectivity index (χ2v) is 5.51. The van der Waals surface area contributed by atoms with E-state index in [1.54, 1.807) is 4.68 Å². The first-order valence-corrected chi connectivity index (χ1v) is 7.27. The molecular formula is C10H14F6N2O3S. The van der Waals surface area contributed by atoms with E-state index in [9.17, 15) is 26.3 Å². The monoisotopic (exact) mass is 356 g/mol.